The fraction of sp³-hybridized carbons (Fsp3) is 0.167. The molecule has 0 aliphatic heterocycles. The highest BCUT2D eigenvalue weighted by molar-refractivity contribution is 9.11. The van der Waals surface area contributed by atoms with E-state index in [1.54, 1.807) is 6.07 Å². The van der Waals surface area contributed by atoms with Crippen LogP contribution in [0.1, 0.15) is 10.5 Å². The molecule has 1 aromatic heterocycles. The van der Waals surface area contributed by atoms with E-state index >= 15 is 0 Å². The lowest BCUT2D eigenvalue weighted by Crippen LogP contribution is -2.17. The van der Waals surface area contributed by atoms with Gasteiger partial charge in [-0.2, -0.15) is 0 Å². The van der Waals surface area contributed by atoms with Crippen molar-refractivity contribution in [1.82, 2.24) is 4.98 Å². The summed E-state index contributed by atoms with van der Waals surface area (Å²) < 4.78 is 45.6. The van der Waals surface area contributed by atoms with Crippen molar-refractivity contribution in [2.24, 2.45) is 0 Å². The number of rotatable bonds is 3. The molecule has 0 atom stereocenters. The van der Waals surface area contributed by atoms with Crippen LogP contribution in [0.5, 0.6) is 5.75 Å². The van der Waals surface area contributed by atoms with Crippen molar-refractivity contribution in [3.05, 3.63) is 33.9 Å². The van der Waals surface area contributed by atoms with Crippen molar-refractivity contribution >= 4 is 33.2 Å². The molecule has 1 aromatic carbocycles. The first kappa shape index (κ1) is 15.8. The molecule has 0 amide bonds. The molecule has 112 valence electrons. The van der Waals surface area contributed by atoms with Gasteiger partial charge < -0.3 is 9.47 Å². The average molecular weight is 382 g/mol. The van der Waals surface area contributed by atoms with Crippen molar-refractivity contribution in [3.63, 3.8) is 0 Å². The molecule has 1 heterocycles. The largest absolute Gasteiger partial charge is 0.573 e. The molecule has 2 rings (SSSR count). The fourth-order valence-corrected chi connectivity index (χ4v) is 3.00. The molecular formula is C12H7BrF3NO3S. The van der Waals surface area contributed by atoms with Crippen LogP contribution in [0.25, 0.3) is 10.4 Å². The Balaban J connectivity index is 2.43. The summed E-state index contributed by atoms with van der Waals surface area (Å²) in [4.78, 5) is 16.0. The number of nitrogens with zero attached hydrogens (tertiary/aromatic N) is 1. The number of halogens is 4. The van der Waals surface area contributed by atoms with E-state index in [0.29, 0.717) is 14.4 Å². The maximum atomic E-state index is 12.2. The van der Waals surface area contributed by atoms with Gasteiger partial charge in [-0.3, -0.25) is 0 Å². The number of hydrogen-bond donors (Lipinski definition) is 0. The first-order valence-electron chi connectivity index (χ1n) is 5.41. The Hall–Kier alpha value is -1.61. The van der Waals surface area contributed by atoms with Crippen LogP contribution in [0.2, 0.25) is 0 Å². The van der Waals surface area contributed by atoms with Gasteiger partial charge in [-0.05, 0) is 33.6 Å². The average Bonchev–Trinajstić information content (AvgIpc) is 2.78. The van der Waals surface area contributed by atoms with E-state index in [9.17, 15) is 18.0 Å². The smallest absolute Gasteiger partial charge is 0.464 e. The van der Waals surface area contributed by atoms with E-state index in [1.165, 1.54) is 25.3 Å². The number of carbonyl (C=O) groups excluding carboxylic acids is 1. The molecule has 0 saturated carbocycles. The topological polar surface area (TPSA) is 48.4 Å². The monoisotopic (exact) mass is 381 g/mol. The first-order chi connectivity index (χ1) is 9.80. The standard InChI is InChI=1S/C12H7BrF3NO3S/c1-19-10(18)8-9(21-11(13)17-8)6-3-2-4-7(5-6)20-12(14,15)16/h2-5H,1H3. The fourth-order valence-electron chi connectivity index (χ4n) is 1.56. The summed E-state index contributed by atoms with van der Waals surface area (Å²) in [6.45, 7) is 0. The molecule has 2 aromatic rings. The minimum atomic E-state index is -4.78. The highest BCUT2D eigenvalue weighted by Crippen LogP contribution is 2.35. The third kappa shape index (κ3) is 3.94. The van der Waals surface area contributed by atoms with Crippen molar-refractivity contribution in [2.75, 3.05) is 7.11 Å². The van der Waals surface area contributed by atoms with E-state index < -0.39 is 12.3 Å². The van der Waals surface area contributed by atoms with Gasteiger partial charge in [0.1, 0.15) is 5.75 Å². The van der Waals surface area contributed by atoms with Crippen LogP contribution in [-0.4, -0.2) is 24.4 Å². The number of methoxy groups -OCH3 is 1. The zero-order valence-electron chi connectivity index (χ0n) is 10.4. The molecule has 0 saturated heterocycles. The number of alkyl halides is 3. The van der Waals surface area contributed by atoms with Gasteiger partial charge in [0, 0.05) is 0 Å². The van der Waals surface area contributed by atoms with Crippen LogP contribution >= 0.6 is 27.3 Å². The number of aromatic nitrogens is 1. The minimum absolute atomic E-state index is 0.0264. The number of benzene rings is 1. The van der Waals surface area contributed by atoms with Gasteiger partial charge >= 0.3 is 12.3 Å². The van der Waals surface area contributed by atoms with E-state index in [1.807, 2.05) is 0 Å². The Morgan fingerprint density at radius 3 is 2.71 bits per heavy atom. The van der Waals surface area contributed by atoms with Gasteiger partial charge in [0.2, 0.25) is 0 Å². The van der Waals surface area contributed by atoms with Crippen molar-refractivity contribution < 1.29 is 27.4 Å². The van der Waals surface area contributed by atoms with Gasteiger partial charge in [-0.1, -0.05) is 12.1 Å². The Kier molecular flexibility index (Phi) is 4.52. The Labute approximate surface area is 129 Å². The zero-order valence-corrected chi connectivity index (χ0v) is 12.8. The summed E-state index contributed by atoms with van der Waals surface area (Å²) >= 11 is 4.24. The lowest BCUT2D eigenvalue weighted by molar-refractivity contribution is -0.274. The molecule has 0 fully saturated rings. The highest BCUT2D eigenvalue weighted by atomic mass is 79.9. The molecule has 0 aliphatic rings. The number of ether oxygens (including phenoxy) is 2. The lowest BCUT2D eigenvalue weighted by atomic mass is 10.1. The molecule has 0 N–H and O–H groups in total. The van der Waals surface area contributed by atoms with Crippen LogP contribution in [-0.2, 0) is 4.74 Å². The van der Waals surface area contributed by atoms with Gasteiger partial charge in [-0.25, -0.2) is 9.78 Å². The van der Waals surface area contributed by atoms with Crippen molar-refractivity contribution in [2.45, 2.75) is 6.36 Å². The van der Waals surface area contributed by atoms with Gasteiger partial charge in [0.05, 0.1) is 12.0 Å². The molecule has 4 nitrogen and oxygen atoms in total. The van der Waals surface area contributed by atoms with Crippen LogP contribution in [0.3, 0.4) is 0 Å². The number of hydrogen-bond acceptors (Lipinski definition) is 5. The quantitative estimate of drug-likeness (QED) is 0.745. The van der Waals surface area contributed by atoms with E-state index in [4.69, 9.17) is 0 Å². The van der Waals surface area contributed by atoms with Crippen LogP contribution in [0.15, 0.2) is 28.2 Å². The molecule has 0 spiro atoms. The SMILES string of the molecule is COC(=O)c1nc(Br)sc1-c1cccc(OC(F)(F)F)c1. The maximum Gasteiger partial charge on any atom is 0.573 e. The highest BCUT2D eigenvalue weighted by Gasteiger charge is 2.31. The number of carbonyl (C=O) groups is 1. The van der Waals surface area contributed by atoms with Crippen LogP contribution < -0.4 is 4.74 Å². The third-order valence-electron chi connectivity index (χ3n) is 2.31. The molecule has 21 heavy (non-hydrogen) atoms. The summed E-state index contributed by atoms with van der Waals surface area (Å²) in [7, 11) is 1.20. The van der Waals surface area contributed by atoms with Crippen molar-refractivity contribution in [3.8, 4) is 16.2 Å². The predicted molar refractivity (Wildman–Crippen MR) is 73.3 cm³/mol. The zero-order chi connectivity index (χ0) is 15.6. The van der Waals surface area contributed by atoms with Crippen LogP contribution in [0.4, 0.5) is 13.2 Å². The number of esters is 1. The first-order valence-corrected chi connectivity index (χ1v) is 7.02. The Morgan fingerprint density at radius 1 is 1.38 bits per heavy atom. The normalized spacial score (nSPS) is 11.3. The molecule has 0 bridgehead atoms. The van der Waals surface area contributed by atoms with Gasteiger partial charge in [0.15, 0.2) is 9.61 Å². The maximum absolute atomic E-state index is 12.2. The van der Waals surface area contributed by atoms with Gasteiger partial charge in [-0.15, -0.1) is 24.5 Å². The van der Waals surface area contributed by atoms with E-state index in [2.05, 4.69) is 30.4 Å². The molecule has 0 aliphatic carbocycles. The predicted octanol–water partition coefficient (Wildman–Crippen LogP) is 4.26. The van der Waals surface area contributed by atoms with E-state index in [-0.39, 0.29) is 11.4 Å². The summed E-state index contributed by atoms with van der Waals surface area (Å²) in [5, 5.41) is 0. The van der Waals surface area contributed by atoms with Crippen molar-refractivity contribution in [1.29, 1.82) is 0 Å². The minimum Gasteiger partial charge on any atom is -0.464 e. The summed E-state index contributed by atoms with van der Waals surface area (Å²) in [6, 6.07) is 5.30. The number of thiazole rings is 1. The summed E-state index contributed by atoms with van der Waals surface area (Å²) in [6.07, 6.45) is -4.78. The van der Waals surface area contributed by atoms with E-state index in [0.717, 1.165) is 11.3 Å². The Bertz CT molecular complexity index is 672. The second-order valence-corrected chi connectivity index (χ2v) is 5.99. The lowest BCUT2D eigenvalue weighted by Gasteiger charge is -2.09. The third-order valence-corrected chi connectivity index (χ3v) is 3.87. The molecular weight excluding hydrogens is 375 g/mol. The Morgan fingerprint density at radius 2 is 2.10 bits per heavy atom. The molecule has 0 radical (unpaired) electrons. The second kappa shape index (κ2) is 6.02. The molecule has 9 heteroatoms. The summed E-state index contributed by atoms with van der Waals surface area (Å²) in [5.41, 5.74) is 0.402. The second-order valence-electron chi connectivity index (χ2n) is 3.71. The summed E-state index contributed by atoms with van der Waals surface area (Å²) in [5.74, 6) is -1.05. The molecule has 0 unspecified atom stereocenters. The van der Waals surface area contributed by atoms with Crippen LogP contribution in [0, 0.1) is 0 Å². The van der Waals surface area contributed by atoms with Gasteiger partial charge in [0.25, 0.3) is 0 Å².